The number of hydrogen-bond donors (Lipinski definition) is 4. The molecule has 0 amide bonds. The number of aliphatic hydroxyl groups excluding tert-OH is 1. The minimum Gasteiger partial charge on any atom is -0.394 e. The maximum Gasteiger partial charge on any atom is 0.185 e. The summed E-state index contributed by atoms with van der Waals surface area (Å²) in [6.45, 7) is 6.07. The van der Waals surface area contributed by atoms with Gasteiger partial charge >= 0.3 is 0 Å². The molecule has 4 aliphatic carbocycles. The van der Waals surface area contributed by atoms with Crippen molar-refractivity contribution in [1.82, 2.24) is 5.32 Å². The fourth-order valence-electron chi connectivity index (χ4n) is 8.24. The second kappa shape index (κ2) is 8.68. The molecule has 4 aliphatic rings. The Labute approximate surface area is 181 Å². The van der Waals surface area contributed by atoms with Crippen molar-refractivity contribution in [2.75, 3.05) is 13.2 Å². The molecule has 0 aromatic carbocycles. The van der Waals surface area contributed by atoms with Crippen LogP contribution in [0.2, 0.25) is 0 Å². The Morgan fingerprint density at radius 2 is 1.90 bits per heavy atom. The zero-order valence-electron chi connectivity index (χ0n) is 18.9. The van der Waals surface area contributed by atoms with Crippen LogP contribution in [0, 0.1) is 45.8 Å². The van der Waals surface area contributed by atoms with E-state index in [2.05, 4.69) is 24.3 Å². The Kier molecular flexibility index (Phi) is 6.34. The number of nitrogens with two attached hydrogens (primary N) is 1. The van der Waals surface area contributed by atoms with E-state index in [4.69, 9.17) is 16.0 Å². The van der Waals surface area contributed by atoms with Gasteiger partial charge in [0.25, 0.3) is 0 Å². The zero-order chi connectivity index (χ0) is 21.4. The number of hydrogen-bond acceptors (Lipinski definition) is 4. The highest BCUT2D eigenvalue weighted by Gasteiger charge is 2.59. The Balaban J connectivity index is 1.34. The number of rotatable bonds is 6. The van der Waals surface area contributed by atoms with Gasteiger partial charge in [-0.2, -0.15) is 0 Å². The van der Waals surface area contributed by atoms with E-state index in [9.17, 15) is 5.11 Å². The summed E-state index contributed by atoms with van der Waals surface area (Å²) in [5.41, 5.74) is 6.17. The highest BCUT2D eigenvalue weighted by molar-refractivity contribution is 5.74. The maximum absolute atomic E-state index is 10.2. The number of guanidine groups is 1. The van der Waals surface area contributed by atoms with Gasteiger partial charge in [0.05, 0.1) is 12.6 Å². The molecule has 4 fully saturated rings. The molecule has 0 saturated heterocycles. The zero-order valence-corrected chi connectivity index (χ0v) is 18.9. The van der Waals surface area contributed by atoms with Crippen LogP contribution in [0.4, 0.5) is 0 Å². The van der Waals surface area contributed by atoms with E-state index in [1.165, 1.54) is 44.9 Å². The quantitative estimate of drug-likeness (QED) is 0.227. The molecule has 3 unspecified atom stereocenters. The highest BCUT2D eigenvalue weighted by atomic mass is 16.6. The molecule has 0 bridgehead atoms. The number of aliphatic hydroxyl groups is 1. The lowest BCUT2D eigenvalue weighted by atomic mass is 9.44. The summed E-state index contributed by atoms with van der Waals surface area (Å²) in [4.78, 5) is 5.31. The molecule has 8 atom stereocenters. The van der Waals surface area contributed by atoms with E-state index in [0.717, 1.165) is 42.9 Å². The summed E-state index contributed by atoms with van der Waals surface area (Å²) in [5.74, 6) is 4.04. The lowest BCUT2D eigenvalue weighted by Gasteiger charge is -2.61. The second-order valence-electron chi connectivity index (χ2n) is 11.1. The van der Waals surface area contributed by atoms with E-state index in [-0.39, 0.29) is 12.1 Å². The van der Waals surface area contributed by atoms with E-state index in [0.29, 0.717) is 29.9 Å². The Morgan fingerprint density at radius 3 is 2.70 bits per heavy atom. The first-order valence-electron chi connectivity index (χ1n) is 12.2. The third-order valence-electron chi connectivity index (χ3n) is 9.88. The summed E-state index contributed by atoms with van der Waals surface area (Å²) < 4.78 is 0. The van der Waals surface area contributed by atoms with Crippen molar-refractivity contribution in [3.8, 4) is 0 Å². The first kappa shape index (κ1) is 21.9. The molecule has 0 spiro atoms. The monoisotopic (exact) mass is 418 g/mol. The molecule has 6 nitrogen and oxygen atoms in total. The summed E-state index contributed by atoms with van der Waals surface area (Å²) >= 11 is 0. The standard InChI is InChI=1S/C24H42N4O2/c1-23-11-8-21-19(5-3-17-15-18(29)7-10-24(17,21)2)20(23)6-4-16(23)9-12-28-30-14-13-27-22(25)26/h12,16-21,29H,3-11,13-15H2,1-2H3,(H4,25,26,27)/b28-12+/t16?,17?,18?,19-,20-,21+,23+,24-/m0/s1. The molecule has 0 aromatic rings. The van der Waals surface area contributed by atoms with E-state index in [1.54, 1.807) is 0 Å². The average molecular weight is 419 g/mol. The number of fused-ring (bicyclic) bond motifs is 5. The third kappa shape index (κ3) is 3.96. The van der Waals surface area contributed by atoms with E-state index < -0.39 is 0 Å². The average Bonchev–Trinajstić information content (AvgIpc) is 3.04. The predicted molar refractivity (Wildman–Crippen MR) is 120 cm³/mol. The normalized spacial score (nSPS) is 45.4. The molecule has 30 heavy (non-hydrogen) atoms. The minimum atomic E-state index is -0.0518. The van der Waals surface area contributed by atoms with Gasteiger partial charge in [0.2, 0.25) is 0 Å². The van der Waals surface area contributed by atoms with Crippen molar-refractivity contribution in [2.45, 2.75) is 84.2 Å². The van der Waals surface area contributed by atoms with Crippen LogP contribution in [0.25, 0.3) is 0 Å². The van der Waals surface area contributed by atoms with Crippen LogP contribution in [0.1, 0.15) is 78.1 Å². The van der Waals surface area contributed by atoms with Gasteiger partial charge in [0.1, 0.15) is 6.61 Å². The molecule has 0 radical (unpaired) electrons. The van der Waals surface area contributed by atoms with Crippen LogP contribution in [-0.4, -0.2) is 36.5 Å². The number of nitrogens with zero attached hydrogens (tertiary/aromatic N) is 1. The van der Waals surface area contributed by atoms with Gasteiger partial charge in [-0.1, -0.05) is 19.0 Å². The summed E-state index contributed by atoms with van der Waals surface area (Å²) in [6, 6.07) is 0. The molecule has 6 heteroatoms. The summed E-state index contributed by atoms with van der Waals surface area (Å²) in [7, 11) is 0. The van der Waals surface area contributed by atoms with E-state index >= 15 is 0 Å². The highest BCUT2D eigenvalue weighted by Crippen LogP contribution is 2.67. The molecule has 5 N–H and O–H groups in total. The second-order valence-corrected chi connectivity index (χ2v) is 11.1. The SMILES string of the molecule is C[C@]12CCC(O)CC1CC[C@@H]1[C@H]2CC[C@]2(C)C(C/C=N/OCCNC(=N)N)CC[C@@H]12. The van der Waals surface area contributed by atoms with Gasteiger partial charge in [-0.05, 0) is 105 Å². The smallest absolute Gasteiger partial charge is 0.185 e. The summed E-state index contributed by atoms with van der Waals surface area (Å²) in [5, 5.41) is 24.2. The first-order valence-corrected chi connectivity index (χ1v) is 12.2. The van der Waals surface area contributed by atoms with Crippen molar-refractivity contribution in [2.24, 2.45) is 51.3 Å². The number of oxime groups is 1. The van der Waals surface area contributed by atoms with Crippen molar-refractivity contribution < 1.29 is 9.94 Å². The molecule has 0 heterocycles. The fourth-order valence-corrected chi connectivity index (χ4v) is 8.24. The Morgan fingerprint density at radius 1 is 1.13 bits per heavy atom. The summed E-state index contributed by atoms with van der Waals surface area (Å²) in [6.07, 6.45) is 14.4. The molecular formula is C24H42N4O2. The molecule has 170 valence electrons. The van der Waals surface area contributed by atoms with Crippen LogP contribution in [0.5, 0.6) is 0 Å². The van der Waals surface area contributed by atoms with Gasteiger partial charge in [-0.3, -0.25) is 5.41 Å². The lowest BCUT2D eigenvalue weighted by Crippen LogP contribution is -2.53. The predicted octanol–water partition coefficient (Wildman–Crippen LogP) is 3.88. The van der Waals surface area contributed by atoms with Gasteiger partial charge in [-0.15, -0.1) is 0 Å². The third-order valence-corrected chi connectivity index (χ3v) is 9.88. The number of nitrogens with one attached hydrogen (secondary N) is 2. The van der Waals surface area contributed by atoms with Gasteiger partial charge in [0, 0.05) is 6.21 Å². The lowest BCUT2D eigenvalue weighted by molar-refractivity contribution is -0.126. The maximum atomic E-state index is 10.2. The van der Waals surface area contributed by atoms with Crippen LogP contribution >= 0.6 is 0 Å². The molecule has 4 rings (SSSR count). The van der Waals surface area contributed by atoms with Crippen LogP contribution in [0.15, 0.2) is 5.16 Å². The van der Waals surface area contributed by atoms with Crippen LogP contribution in [0.3, 0.4) is 0 Å². The Bertz CT molecular complexity index is 655. The van der Waals surface area contributed by atoms with E-state index in [1.807, 2.05) is 6.21 Å². The molecule has 0 aromatic heterocycles. The molecule has 0 aliphatic heterocycles. The molecular weight excluding hydrogens is 376 g/mol. The van der Waals surface area contributed by atoms with Crippen molar-refractivity contribution in [3.05, 3.63) is 0 Å². The van der Waals surface area contributed by atoms with Crippen molar-refractivity contribution >= 4 is 12.2 Å². The van der Waals surface area contributed by atoms with Crippen molar-refractivity contribution in [1.29, 1.82) is 5.41 Å². The first-order chi connectivity index (χ1) is 14.3. The molecule has 4 saturated carbocycles. The fraction of sp³-hybridized carbons (Fsp3) is 0.917. The van der Waals surface area contributed by atoms with Crippen LogP contribution < -0.4 is 11.1 Å². The van der Waals surface area contributed by atoms with Gasteiger partial charge < -0.3 is 21.0 Å². The van der Waals surface area contributed by atoms with Crippen LogP contribution in [-0.2, 0) is 4.84 Å². The van der Waals surface area contributed by atoms with Gasteiger partial charge in [-0.25, -0.2) is 0 Å². The largest absolute Gasteiger partial charge is 0.394 e. The Hall–Kier alpha value is -1.30. The van der Waals surface area contributed by atoms with Gasteiger partial charge in [0.15, 0.2) is 5.96 Å². The topological polar surface area (TPSA) is 104 Å². The van der Waals surface area contributed by atoms with Crippen molar-refractivity contribution in [3.63, 3.8) is 0 Å². The minimum absolute atomic E-state index is 0.0320.